The molecule has 0 aliphatic heterocycles. The Balaban J connectivity index is 1.11. The lowest BCUT2D eigenvalue weighted by atomic mass is 10.0. The second-order valence-electron chi connectivity index (χ2n) is 14.0. The molecule has 5 heterocycles. The van der Waals surface area contributed by atoms with Crippen molar-refractivity contribution in [3.63, 3.8) is 0 Å². The van der Waals surface area contributed by atoms with Gasteiger partial charge in [0.15, 0.2) is 23.1 Å². The topological polar surface area (TPSA) is 95.7 Å². The Bertz CT molecular complexity index is 3480. The SMILES string of the molecule is c1ccc(-c2nc(-c3cccc4c3oc3cccc(-c5nc(-c6ccccc6)c6oc7ccccc7c6n5)c34)nc(-n3c4ccccc4c4ccccc43)n2)cc1. The molecule has 7 aromatic carbocycles. The summed E-state index contributed by atoms with van der Waals surface area (Å²) in [4.78, 5) is 25.8. The van der Waals surface area contributed by atoms with Crippen LogP contribution < -0.4 is 0 Å². The Labute approximate surface area is 324 Å². The second kappa shape index (κ2) is 12.3. The van der Waals surface area contributed by atoms with E-state index in [-0.39, 0.29) is 0 Å². The van der Waals surface area contributed by atoms with Crippen molar-refractivity contribution < 1.29 is 8.83 Å². The number of para-hydroxylation sites is 4. The van der Waals surface area contributed by atoms with Gasteiger partial charge in [0, 0.05) is 43.6 Å². The number of furan rings is 2. The molecule has 12 aromatic rings. The summed E-state index contributed by atoms with van der Waals surface area (Å²) in [6.07, 6.45) is 0. The van der Waals surface area contributed by atoms with E-state index in [2.05, 4.69) is 53.1 Å². The van der Waals surface area contributed by atoms with Crippen molar-refractivity contribution in [3.05, 3.63) is 170 Å². The van der Waals surface area contributed by atoms with Crippen LogP contribution in [0.15, 0.2) is 179 Å². The van der Waals surface area contributed by atoms with Gasteiger partial charge in [-0.3, -0.25) is 4.57 Å². The average molecular weight is 733 g/mol. The van der Waals surface area contributed by atoms with Crippen LogP contribution in [0.5, 0.6) is 0 Å². The van der Waals surface area contributed by atoms with Crippen LogP contribution >= 0.6 is 0 Å². The molecule has 0 N–H and O–H groups in total. The summed E-state index contributed by atoms with van der Waals surface area (Å²) < 4.78 is 15.3. The van der Waals surface area contributed by atoms with Gasteiger partial charge in [-0.25, -0.2) is 15.0 Å². The van der Waals surface area contributed by atoms with Gasteiger partial charge in [0.2, 0.25) is 5.95 Å². The summed E-state index contributed by atoms with van der Waals surface area (Å²) in [7, 11) is 0. The first kappa shape index (κ1) is 31.4. The van der Waals surface area contributed by atoms with Gasteiger partial charge >= 0.3 is 0 Å². The number of aromatic nitrogens is 6. The highest BCUT2D eigenvalue weighted by Crippen LogP contribution is 2.42. The molecular weight excluding hydrogens is 705 g/mol. The minimum Gasteiger partial charge on any atom is -0.455 e. The fraction of sp³-hybridized carbons (Fsp3) is 0. The third-order valence-corrected chi connectivity index (χ3v) is 10.7. The van der Waals surface area contributed by atoms with Crippen LogP contribution in [0.2, 0.25) is 0 Å². The Morgan fingerprint density at radius 1 is 0.368 bits per heavy atom. The van der Waals surface area contributed by atoms with Crippen molar-refractivity contribution in [1.82, 2.24) is 29.5 Å². The number of benzene rings is 7. The van der Waals surface area contributed by atoms with Gasteiger partial charge in [-0.2, -0.15) is 9.97 Å². The largest absolute Gasteiger partial charge is 0.455 e. The molecule has 57 heavy (non-hydrogen) atoms. The molecule has 0 unspecified atom stereocenters. The van der Waals surface area contributed by atoms with Crippen LogP contribution in [-0.2, 0) is 0 Å². The Morgan fingerprint density at radius 3 is 1.70 bits per heavy atom. The van der Waals surface area contributed by atoms with Gasteiger partial charge in [-0.1, -0.05) is 133 Å². The second-order valence-corrected chi connectivity index (χ2v) is 14.0. The normalized spacial score (nSPS) is 11.9. The first-order valence-electron chi connectivity index (χ1n) is 18.8. The summed E-state index contributed by atoms with van der Waals surface area (Å²) in [5, 5.41) is 4.99. The molecule has 0 bridgehead atoms. The van der Waals surface area contributed by atoms with E-state index in [1.54, 1.807) is 0 Å². The molecule has 12 rings (SSSR count). The Hall–Kier alpha value is -7.97. The molecular formula is C49H28N6O2. The van der Waals surface area contributed by atoms with Crippen LogP contribution in [0, 0.1) is 0 Å². The molecule has 0 fully saturated rings. The quantitative estimate of drug-likeness (QED) is 0.174. The van der Waals surface area contributed by atoms with Crippen LogP contribution in [-0.4, -0.2) is 29.5 Å². The monoisotopic (exact) mass is 732 g/mol. The fourth-order valence-electron chi connectivity index (χ4n) is 8.15. The summed E-state index contributed by atoms with van der Waals surface area (Å²) in [6.45, 7) is 0. The lowest BCUT2D eigenvalue weighted by Crippen LogP contribution is -2.06. The van der Waals surface area contributed by atoms with Crippen molar-refractivity contribution in [2.75, 3.05) is 0 Å². The first-order valence-corrected chi connectivity index (χ1v) is 18.8. The van der Waals surface area contributed by atoms with Crippen LogP contribution in [0.25, 0.3) is 117 Å². The average Bonchev–Trinajstić information content (AvgIpc) is 3.96. The summed E-state index contributed by atoms with van der Waals surface area (Å²) in [5.74, 6) is 2.16. The molecule has 0 aliphatic carbocycles. The molecule has 5 aromatic heterocycles. The van der Waals surface area contributed by atoms with Crippen molar-refractivity contribution in [1.29, 1.82) is 0 Å². The maximum absolute atomic E-state index is 6.79. The van der Waals surface area contributed by atoms with Gasteiger partial charge in [0.05, 0.1) is 16.6 Å². The fourth-order valence-corrected chi connectivity index (χ4v) is 8.15. The summed E-state index contributed by atoms with van der Waals surface area (Å²) in [6, 6.07) is 57.0. The van der Waals surface area contributed by atoms with Gasteiger partial charge in [0.1, 0.15) is 28.0 Å². The lowest BCUT2D eigenvalue weighted by molar-refractivity contribution is 0.667. The zero-order valence-electron chi connectivity index (χ0n) is 30.2. The zero-order valence-corrected chi connectivity index (χ0v) is 30.2. The molecule has 0 radical (unpaired) electrons. The molecule has 8 heteroatoms. The van der Waals surface area contributed by atoms with E-state index in [1.807, 2.05) is 121 Å². The molecule has 0 saturated heterocycles. The predicted molar refractivity (Wildman–Crippen MR) is 226 cm³/mol. The third-order valence-electron chi connectivity index (χ3n) is 10.7. The van der Waals surface area contributed by atoms with E-state index in [0.29, 0.717) is 40.2 Å². The summed E-state index contributed by atoms with van der Waals surface area (Å²) in [5.41, 5.74) is 9.73. The Kier molecular flexibility index (Phi) is 6.76. The first-order chi connectivity index (χ1) is 28.3. The van der Waals surface area contributed by atoms with Gasteiger partial charge in [-0.05, 0) is 36.4 Å². The van der Waals surface area contributed by atoms with E-state index in [0.717, 1.165) is 77.0 Å². The highest BCUT2D eigenvalue weighted by Gasteiger charge is 2.24. The minimum atomic E-state index is 0.501. The van der Waals surface area contributed by atoms with E-state index in [1.165, 1.54) is 0 Å². The van der Waals surface area contributed by atoms with Crippen molar-refractivity contribution in [3.8, 4) is 51.4 Å². The highest BCUT2D eigenvalue weighted by molar-refractivity contribution is 6.15. The molecule has 266 valence electrons. The van der Waals surface area contributed by atoms with Crippen LogP contribution in [0.4, 0.5) is 0 Å². The standard InChI is InChI=1S/C49H28N6O2/c1-3-15-29(16-4-1)42-45-43(33-21-9-12-27-39(33)56-45)51-47(50-42)35-23-14-28-40-41(35)34-22-13-24-36(44(34)57-40)48-52-46(30-17-5-2-6-18-30)53-49(54-48)55-37-25-10-7-19-31(37)32-20-8-11-26-38(32)55/h1-28H. The van der Waals surface area contributed by atoms with Crippen molar-refractivity contribution >= 4 is 65.8 Å². The van der Waals surface area contributed by atoms with E-state index >= 15 is 0 Å². The highest BCUT2D eigenvalue weighted by atomic mass is 16.3. The molecule has 0 atom stereocenters. The van der Waals surface area contributed by atoms with E-state index in [4.69, 9.17) is 33.8 Å². The maximum Gasteiger partial charge on any atom is 0.238 e. The number of hydrogen-bond donors (Lipinski definition) is 0. The van der Waals surface area contributed by atoms with E-state index < -0.39 is 0 Å². The summed E-state index contributed by atoms with van der Waals surface area (Å²) >= 11 is 0. The lowest BCUT2D eigenvalue weighted by Gasteiger charge is -2.11. The maximum atomic E-state index is 6.79. The molecule has 0 saturated carbocycles. The number of nitrogens with zero attached hydrogens (tertiary/aromatic N) is 6. The number of fused-ring (bicyclic) bond motifs is 9. The molecule has 0 spiro atoms. The van der Waals surface area contributed by atoms with Gasteiger partial charge in [-0.15, -0.1) is 0 Å². The molecule has 8 nitrogen and oxygen atoms in total. The third kappa shape index (κ3) is 4.84. The smallest absolute Gasteiger partial charge is 0.238 e. The minimum absolute atomic E-state index is 0.501. The van der Waals surface area contributed by atoms with Crippen LogP contribution in [0.1, 0.15) is 0 Å². The number of rotatable bonds is 5. The van der Waals surface area contributed by atoms with Crippen LogP contribution in [0.3, 0.4) is 0 Å². The van der Waals surface area contributed by atoms with Crippen molar-refractivity contribution in [2.45, 2.75) is 0 Å². The van der Waals surface area contributed by atoms with E-state index in [9.17, 15) is 0 Å². The Morgan fingerprint density at radius 2 is 0.930 bits per heavy atom. The predicted octanol–water partition coefficient (Wildman–Crippen LogP) is 12.2. The van der Waals surface area contributed by atoms with Gasteiger partial charge in [0.25, 0.3) is 0 Å². The van der Waals surface area contributed by atoms with Crippen molar-refractivity contribution in [2.24, 2.45) is 0 Å². The molecule has 0 aliphatic rings. The zero-order chi connectivity index (χ0) is 37.5. The number of hydrogen-bond acceptors (Lipinski definition) is 7. The molecule has 0 amide bonds. The van der Waals surface area contributed by atoms with Gasteiger partial charge < -0.3 is 8.83 Å².